The summed E-state index contributed by atoms with van der Waals surface area (Å²) in [6.45, 7) is 2.18. The Morgan fingerprint density at radius 1 is 0.900 bits per heavy atom. The van der Waals surface area contributed by atoms with E-state index in [0.29, 0.717) is 0 Å². The molecule has 0 heteroatoms. The smallest absolute Gasteiger partial charge is 0.0449 e. The minimum Gasteiger partial charge on any atom is -0.119 e. The molecule has 1 unspecified atom stereocenters. The van der Waals surface area contributed by atoms with Crippen LogP contribution in [0.5, 0.6) is 0 Å². The Hall–Kier alpha value is -2.26. The zero-order valence-electron chi connectivity index (χ0n) is 11.8. The highest BCUT2D eigenvalue weighted by Crippen LogP contribution is 2.27. The van der Waals surface area contributed by atoms with Gasteiger partial charge in [-0.15, -0.1) is 6.42 Å². The summed E-state index contributed by atoms with van der Waals surface area (Å²) in [4.78, 5) is 0. The van der Waals surface area contributed by atoms with Crippen molar-refractivity contribution in [3.05, 3.63) is 60.2 Å². The van der Waals surface area contributed by atoms with Crippen LogP contribution >= 0.6 is 0 Å². The lowest BCUT2D eigenvalue weighted by molar-refractivity contribution is 0.735. The molecule has 1 atom stereocenters. The zero-order chi connectivity index (χ0) is 13.9. The fourth-order valence-electron chi connectivity index (χ4n) is 2.81. The van der Waals surface area contributed by atoms with Crippen molar-refractivity contribution in [2.75, 3.05) is 0 Å². The van der Waals surface area contributed by atoms with Gasteiger partial charge in [-0.25, -0.2) is 0 Å². The molecule has 20 heavy (non-hydrogen) atoms. The lowest BCUT2D eigenvalue weighted by Crippen LogP contribution is -1.95. The van der Waals surface area contributed by atoms with E-state index in [1.807, 2.05) is 0 Å². The van der Waals surface area contributed by atoms with E-state index in [4.69, 9.17) is 6.42 Å². The molecule has 0 radical (unpaired) electrons. The molecule has 0 saturated heterocycles. The maximum Gasteiger partial charge on any atom is 0.0449 e. The molecule has 0 N–H and O–H groups in total. The van der Waals surface area contributed by atoms with Crippen molar-refractivity contribution >= 4 is 21.5 Å². The molecule has 0 aliphatic rings. The fourth-order valence-corrected chi connectivity index (χ4v) is 2.81. The first kappa shape index (κ1) is 12.8. The van der Waals surface area contributed by atoms with Crippen molar-refractivity contribution in [2.45, 2.75) is 25.7 Å². The summed E-state index contributed by atoms with van der Waals surface area (Å²) < 4.78 is 0. The molecule has 0 bridgehead atoms. The molecule has 0 heterocycles. The maximum absolute atomic E-state index is 5.68. The van der Waals surface area contributed by atoms with Crippen LogP contribution in [0.15, 0.2) is 54.6 Å². The quantitative estimate of drug-likeness (QED) is 0.429. The summed E-state index contributed by atoms with van der Waals surface area (Å²) in [5, 5.41) is 5.12. The molecular formula is C20H18. The van der Waals surface area contributed by atoms with E-state index < -0.39 is 0 Å². The molecule has 3 rings (SSSR count). The Balaban J connectivity index is 2.15. The molecular weight excluding hydrogens is 240 g/mol. The van der Waals surface area contributed by atoms with Gasteiger partial charge in [0, 0.05) is 5.92 Å². The Morgan fingerprint density at radius 3 is 2.20 bits per heavy atom. The van der Waals surface area contributed by atoms with Crippen molar-refractivity contribution in [3.63, 3.8) is 0 Å². The Bertz CT molecular complexity index is 790. The number of hydrogen-bond acceptors (Lipinski definition) is 0. The van der Waals surface area contributed by atoms with Gasteiger partial charge in [0.05, 0.1) is 0 Å². The minimum atomic E-state index is 0.232. The van der Waals surface area contributed by atoms with Crippen molar-refractivity contribution in [2.24, 2.45) is 0 Å². The molecule has 0 spiro atoms. The third-order valence-corrected chi connectivity index (χ3v) is 3.91. The number of rotatable bonds is 3. The normalized spacial score (nSPS) is 12.4. The molecule has 3 aromatic carbocycles. The highest BCUT2D eigenvalue weighted by molar-refractivity contribution is 5.98. The van der Waals surface area contributed by atoms with Gasteiger partial charge < -0.3 is 0 Å². The Kier molecular flexibility index (Phi) is 3.44. The predicted molar refractivity (Wildman–Crippen MR) is 87.9 cm³/mol. The summed E-state index contributed by atoms with van der Waals surface area (Å²) >= 11 is 0. The lowest BCUT2D eigenvalue weighted by atomic mass is 9.92. The third kappa shape index (κ3) is 2.28. The second-order valence-electron chi connectivity index (χ2n) is 5.31. The zero-order valence-corrected chi connectivity index (χ0v) is 11.8. The van der Waals surface area contributed by atoms with E-state index >= 15 is 0 Å². The summed E-state index contributed by atoms with van der Waals surface area (Å²) in [7, 11) is 0. The molecule has 0 amide bonds. The Labute approximate surface area is 120 Å². The molecule has 0 aliphatic carbocycles. The highest BCUT2D eigenvalue weighted by Gasteiger charge is 2.08. The van der Waals surface area contributed by atoms with E-state index in [0.717, 1.165) is 12.8 Å². The first-order valence-electron chi connectivity index (χ1n) is 7.20. The molecule has 0 aromatic heterocycles. The molecule has 0 fully saturated rings. The van der Waals surface area contributed by atoms with E-state index in [-0.39, 0.29) is 5.92 Å². The van der Waals surface area contributed by atoms with Crippen LogP contribution in [0, 0.1) is 12.3 Å². The predicted octanol–water partition coefficient (Wildman–Crippen LogP) is 5.51. The number of benzene rings is 3. The second kappa shape index (κ2) is 5.39. The largest absolute Gasteiger partial charge is 0.119 e. The van der Waals surface area contributed by atoms with Crippen LogP contribution < -0.4 is 0 Å². The van der Waals surface area contributed by atoms with Gasteiger partial charge in [-0.2, -0.15) is 0 Å². The van der Waals surface area contributed by atoms with E-state index in [1.165, 1.54) is 27.1 Å². The average Bonchev–Trinajstić information content (AvgIpc) is 2.50. The summed E-state index contributed by atoms with van der Waals surface area (Å²) in [5.41, 5.74) is 1.26. The summed E-state index contributed by atoms with van der Waals surface area (Å²) in [5.74, 6) is 3.15. The molecule has 0 nitrogen and oxygen atoms in total. The fraction of sp³-hybridized carbons (Fsp3) is 0.200. The number of terminal acetylenes is 1. The van der Waals surface area contributed by atoms with Crippen LogP contribution in [-0.2, 0) is 0 Å². The molecule has 0 saturated carbocycles. The van der Waals surface area contributed by atoms with Crippen LogP contribution in [0.2, 0.25) is 0 Å². The van der Waals surface area contributed by atoms with Crippen molar-refractivity contribution in [3.8, 4) is 12.3 Å². The lowest BCUT2D eigenvalue weighted by Gasteiger charge is -2.11. The van der Waals surface area contributed by atoms with Crippen LogP contribution in [-0.4, -0.2) is 0 Å². The van der Waals surface area contributed by atoms with Gasteiger partial charge in [0.1, 0.15) is 0 Å². The summed E-state index contributed by atoms with van der Waals surface area (Å²) in [6.07, 6.45) is 7.84. The second-order valence-corrected chi connectivity index (χ2v) is 5.31. The van der Waals surface area contributed by atoms with Gasteiger partial charge >= 0.3 is 0 Å². The van der Waals surface area contributed by atoms with Gasteiger partial charge in [-0.1, -0.05) is 55.7 Å². The van der Waals surface area contributed by atoms with Crippen LogP contribution in [0.4, 0.5) is 0 Å². The van der Waals surface area contributed by atoms with Crippen molar-refractivity contribution < 1.29 is 0 Å². The van der Waals surface area contributed by atoms with Gasteiger partial charge in [0.15, 0.2) is 0 Å². The molecule has 98 valence electrons. The Morgan fingerprint density at radius 2 is 1.55 bits per heavy atom. The monoisotopic (exact) mass is 258 g/mol. The standard InChI is InChI=1S/C20H18/c1-3-7-15(4-2)18-10-11-19-12-16-8-5-6-9-17(16)13-20(19)14-18/h2,5-6,8-15H,3,7H2,1H3. The van der Waals surface area contributed by atoms with Gasteiger partial charge in [0.2, 0.25) is 0 Å². The number of fused-ring (bicyclic) bond motifs is 2. The summed E-state index contributed by atoms with van der Waals surface area (Å²) in [6, 6.07) is 19.6. The maximum atomic E-state index is 5.68. The first-order valence-corrected chi connectivity index (χ1v) is 7.20. The number of hydrogen-bond donors (Lipinski definition) is 0. The highest BCUT2D eigenvalue weighted by atomic mass is 14.1. The topological polar surface area (TPSA) is 0 Å². The molecule has 0 aliphatic heterocycles. The minimum absolute atomic E-state index is 0.232. The SMILES string of the molecule is C#CC(CCC)c1ccc2cc3ccccc3cc2c1. The van der Waals surface area contributed by atoms with E-state index in [2.05, 4.69) is 67.4 Å². The molecule has 3 aromatic rings. The van der Waals surface area contributed by atoms with Crippen molar-refractivity contribution in [1.29, 1.82) is 0 Å². The van der Waals surface area contributed by atoms with E-state index in [1.54, 1.807) is 0 Å². The van der Waals surface area contributed by atoms with Gasteiger partial charge in [-0.3, -0.25) is 0 Å². The van der Waals surface area contributed by atoms with Crippen LogP contribution in [0.25, 0.3) is 21.5 Å². The first-order chi connectivity index (χ1) is 9.81. The average molecular weight is 258 g/mol. The van der Waals surface area contributed by atoms with Gasteiger partial charge in [-0.05, 0) is 51.7 Å². The van der Waals surface area contributed by atoms with E-state index in [9.17, 15) is 0 Å². The van der Waals surface area contributed by atoms with Gasteiger partial charge in [0.25, 0.3) is 0 Å². The third-order valence-electron chi connectivity index (χ3n) is 3.91. The van der Waals surface area contributed by atoms with Crippen LogP contribution in [0.3, 0.4) is 0 Å². The van der Waals surface area contributed by atoms with Crippen molar-refractivity contribution in [1.82, 2.24) is 0 Å². The van der Waals surface area contributed by atoms with Crippen LogP contribution in [0.1, 0.15) is 31.2 Å².